The van der Waals surface area contributed by atoms with E-state index >= 15 is 0 Å². The first-order valence-corrected chi connectivity index (χ1v) is 7.48. The molecule has 0 saturated carbocycles. The number of nitrogens with zero attached hydrogens (tertiary/aromatic N) is 2. The Morgan fingerprint density at radius 2 is 2.47 bits per heavy atom. The predicted octanol–water partition coefficient (Wildman–Crippen LogP) is 0.447. The maximum atomic E-state index is 12.5. The molecule has 2 amide bonds. The first-order valence-electron chi connectivity index (χ1n) is 6.50. The van der Waals surface area contributed by atoms with Crippen LogP contribution in [0.15, 0.2) is 12.7 Å². The molecule has 2 aliphatic heterocycles. The van der Waals surface area contributed by atoms with E-state index < -0.39 is 6.04 Å². The molecule has 2 rings (SSSR count). The monoisotopic (exact) mass is 284 g/mol. The zero-order valence-corrected chi connectivity index (χ0v) is 12.0. The zero-order chi connectivity index (χ0) is 14.0. The highest BCUT2D eigenvalue weighted by Crippen LogP contribution is 2.47. The Labute approximate surface area is 117 Å². The standard InChI is InChI=1S/C13H20N2O3S/c1-3-6-14(7-8-16)12(18)10-9-19-13(2)5-4-11(17)15(10)13/h3,10,16H,1,4-9H2,2H3. The van der Waals surface area contributed by atoms with Crippen molar-refractivity contribution in [1.29, 1.82) is 0 Å². The fourth-order valence-corrected chi connectivity index (χ4v) is 4.21. The van der Waals surface area contributed by atoms with Crippen LogP contribution in [0.1, 0.15) is 19.8 Å². The molecule has 0 aromatic rings. The second-order valence-corrected chi connectivity index (χ2v) is 6.56. The molecule has 106 valence electrons. The molecule has 0 aliphatic carbocycles. The number of hydrogen-bond acceptors (Lipinski definition) is 4. The van der Waals surface area contributed by atoms with Gasteiger partial charge in [0, 0.05) is 25.3 Å². The van der Waals surface area contributed by atoms with Gasteiger partial charge in [-0.2, -0.15) is 0 Å². The molecule has 5 nitrogen and oxygen atoms in total. The van der Waals surface area contributed by atoms with E-state index in [4.69, 9.17) is 5.11 Å². The van der Waals surface area contributed by atoms with Crippen LogP contribution in [0.3, 0.4) is 0 Å². The van der Waals surface area contributed by atoms with Crippen molar-refractivity contribution in [2.75, 3.05) is 25.4 Å². The van der Waals surface area contributed by atoms with Gasteiger partial charge in [0.05, 0.1) is 11.5 Å². The smallest absolute Gasteiger partial charge is 0.246 e. The van der Waals surface area contributed by atoms with Crippen molar-refractivity contribution in [2.45, 2.75) is 30.7 Å². The van der Waals surface area contributed by atoms with Gasteiger partial charge in [-0.1, -0.05) is 6.08 Å². The van der Waals surface area contributed by atoms with Crippen LogP contribution >= 0.6 is 11.8 Å². The highest BCUT2D eigenvalue weighted by Gasteiger charge is 2.53. The van der Waals surface area contributed by atoms with Gasteiger partial charge in [-0.3, -0.25) is 9.59 Å². The van der Waals surface area contributed by atoms with Gasteiger partial charge in [-0.05, 0) is 13.3 Å². The van der Waals surface area contributed by atoms with Crippen LogP contribution in [0.25, 0.3) is 0 Å². The molecule has 0 bridgehead atoms. The Bertz CT molecular complexity index is 401. The first kappa shape index (κ1) is 14.4. The van der Waals surface area contributed by atoms with Crippen LogP contribution in [0.5, 0.6) is 0 Å². The molecular weight excluding hydrogens is 264 g/mol. The van der Waals surface area contributed by atoms with Crippen molar-refractivity contribution in [3.05, 3.63) is 12.7 Å². The average Bonchev–Trinajstić information content (AvgIpc) is 2.86. The number of hydrogen-bond donors (Lipinski definition) is 1. The molecule has 2 fully saturated rings. The van der Waals surface area contributed by atoms with Gasteiger partial charge in [-0.25, -0.2) is 0 Å². The van der Waals surface area contributed by atoms with E-state index in [0.29, 0.717) is 18.7 Å². The fraction of sp³-hybridized carbons (Fsp3) is 0.692. The number of fused-ring (bicyclic) bond motifs is 1. The van der Waals surface area contributed by atoms with Gasteiger partial charge >= 0.3 is 0 Å². The maximum absolute atomic E-state index is 12.5. The summed E-state index contributed by atoms with van der Waals surface area (Å²) in [6, 6.07) is -0.392. The number of amides is 2. The van der Waals surface area contributed by atoms with E-state index in [1.54, 1.807) is 27.6 Å². The summed E-state index contributed by atoms with van der Waals surface area (Å²) in [6.07, 6.45) is 2.97. The van der Waals surface area contributed by atoms with E-state index in [2.05, 4.69) is 6.58 Å². The average molecular weight is 284 g/mol. The second-order valence-electron chi connectivity index (χ2n) is 5.06. The molecule has 2 heterocycles. The highest BCUT2D eigenvalue weighted by molar-refractivity contribution is 8.01. The third kappa shape index (κ3) is 2.51. The Kier molecular flexibility index (Phi) is 4.20. The third-order valence-corrected chi connectivity index (χ3v) is 5.27. The van der Waals surface area contributed by atoms with Gasteiger partial charge in [0.15, 0.2) is 0 Å². The maximum Gasteiger partial charge on any atom is 0.246 e. The van der Waals surface area contributed by atoms with Gasteiger partial charge < -0.3 is 14.9 Å². The van der Waals surface area contributed by atoms with Crippen molar-refractivity contribution in [3.8, 4) is 0 Å². The second kappa shape index (κ2) is 5.54. The summed E-state index contributed by atoms with van der Waals surface area (Å²) in [5.74, 6) is 0.619. The van der Waals surface area contributed by atoms with E-state index in [9.17, 15) is 9.59 Å². The molecule has 6 heteroatoms. The lowest BCUT2D eigenvalue weighted by molar-refractivity contribution is -0.143. The molecule has 19 heavy (non-hydrogen) atoms. The first-order chi connectivity index (χ1) is 9.03. The molecule has 2 atom stereocenters. The number of aliphatic hydroxyl groups excluding tert-OH is 1. The van der Waals surface area contributed by atoms with E-state index in [1.807, 2.05) is 6.92 Å². The normalized spacial score (nSPS) is 29.5. The number of aliphatic hydroxyl groups is 1. The molecule has 0 aromatic carbocycles. The summed E-state index contributed by atoms with van der Waals surface area (Å²) in [4.78, 5) is 27.6. The number of carbonyl (C=O) groups is 2. The molecule has 2 saturated heterocycles. The minimum absolute atomic E-state index is 0.0633. The summed E-state index contributed by atoms with van der Waals surface area (Å²) < 4.78 is 0. The van der Waals surface area contributed by atoms with Gasteiger partial charge in [0.2, 0.25) is 11.8 Å². The zero-order valence-electron chi connectivity index (χ0n) is 11.2. The van der Waals surface area contributed by atoms with E-state index in [1.165, 1.54) is 0 Å². The lowest BCUT2D eigenvalue weighted by atomic mass is 10.2. The molecule has 0 radical (unpaired) electrons. The highest BCUT2D eigenvalue weighted by atomic mass is 32.2. The summed E-state index contributed by atoms with van der Waals surface area (Å²) in [6.45, 7) is 6.26. The quantitative estimate of drug-likeness (QED) is 0.745. The Hall–Kier alpha value is -1.01. The van der Waals surface area contributed by atoms with Crippen LogP contribution in [0, 0.1) is 0 Å². The van der Waals surface area contributed by atoms with Crippen molar-refractivity contribution in [1.82, 2.24) is 9.80 Å². The molecule has 0 aromatic heterocycles. The Morgan fingerprint density at radius 3 is 3.11 bits per heavy atom. The van der Waals surface area contributed by atoms with Gasteiger partial charge in [-0.15, -0.1) is 18.3 Å². The fourth-order valence-electron chi connectivity index (χ4n) is 2.78. The van der Waals surface area contributed by atoms with Crippen LogP contribution in [-0.4, -0.2) is 63.1 Å². The minimum atomic E-state index is -0.392. The van der Waals surface area contributed by atoms with Gasteiger partial charge in [0.1, 0.15) is 6.04 Å². The lowest BCUT2D eigenvalue weighted by Crippen LogP contribution is -2.51. The topological polar surface area (TPSA) is 60.9 Å². The van der Waals surface area contributed by atoms with Crippen molar-refractivity contribution in [2.24, 2.45) is 0 Å². The van der Waals surface area contributed by atoms with Crippen LogP contribution in [0.4, 0.5) is 0 Å². The minimum Gasteiger partial charge on any atom is -0.395 e. The van der Waals surface area contributed by atoms with Crippen molar-refractivity contribution >= 4 is 23.6 Å². The summed E-state index contributed by atoms with van der Waals surface area (Å²) in [5, 5.41) is 9.03. The van der Waals surface area contributed by atoms with Crippen molar-refractivity contribution < 1.29 is 14.7 Å². The Morgan fingerprint density at radius 1 is 1.74 bits per heavy atom. The number of carbonyl (C=O) groups excluding carboxylic acids is 2. The molecule has 1 N–H and O–H groups in total. The Balaban J connectivity index is 2.14. The SMILES string of the molecule is C=CCN(CCO)C(=O)C1CSC2(C)CCC(=O)N12. The van der Waals surface area contributed by atoms with E-state index in [0.717, 1.165) is 6.42 Å². The summed E-state index contributed by atoms with van der Waals surface area (Å²) in [5.41, 5.74) is 0. The van der Waals surface area contributed by atoms with E-state index in [-0.39, 0.29) is 29.8 Å². The molecular formula is C13H20N2O3S. The number of rotatable bonds is 5. The van der Waals surface area contributed by atoms with Crippen LogP contribution in [0.2, 0.25) is 0 Å². The number of thioether (sulfide) groups is 1. The van der Waals surface area contributed by atoms with Crippen LogP contribution in [-0.2, 0) is 9.59 Å². The van der Waals surface area contributed by atoms with Crippen LogP contribution < -0.4 is 0 Å². The molecule has 2 unspecified atom stereocenters. The molecule has 2 aliphatic rings. The van der Waals surface area contributed by atoms with Crippen molar-refractivity contribution in [3.63, 3.8) is 0 Å². The molecule has 0 spiro atoms. The third-order valence-electron chi connectivity index (χ3n) is 3.76. The predicted molar refractivity (Wildman–Crippen MR) is 74.6 cm³/mol. The lowest BCUT2D eigenvalue weighted by Gasteiger charge is -2.32. The largest absolute Gasteiger partial charge is 0.395 e. The van der Waals surface area contributed by atoms with Gasteiger partial charge in [0.25, 0.3) is 0 Å². The summed E-state index contributed by atoms with van der Waals surface area (Å²) >= 11 is 1.68. The summed E-state index contributed by atoms with van der Waals surface area (Å²) in [7, 11) is 0.